The van der Waals surface area contributed by atoms with E-state index in [2.05, 4.69) is 39.1 Å². The van der Waals surface area contributed by atoms with E-state index in [9.17, 15) is 10.1 Å². The Balaban J connectivity index is 1.77. The maximum Gasteiger partial charge on any atom is 0.246 e. The number of aryl methyl sites for hydroxylation is 1. The number of nitriles is 1. The third kappa shape index (κ3) is 3.11. The smallest absolute Gasteiger partial charge is 0.246 e. The SMILES string of the molecule is N#Cc1c(NC(=O)Cn2cc(I)cn2)sc2c1CCCC2. The molecule has 0 unspecified atom stereocenters. The molecule has 2 aromatic rings. The number of anilines is 1. The van der Waals surface area contributed by atoms with Crippen molar-refractivity contribution in [3.63, 3.8) is 0 Å². The van der Waals surface area contributed by atoms with Crippen molar-refractivity contribution in [1.82, 2.24) is 9.78 Å². The summed E-state index contributed by atoms with van der Waals surface area (Å²) >= 11 is 3.70. The average molecular weight is 412 g/mol. The zero-order chi connectivity index (χ0) is 14.8. The van der Waals surface area contributed by atoms with Gasteiger partial charge in [-0.05, 0) is 53.8 Å². The third-order valence-corrected chi connectivity index (χ3v) is 5.21. The number of hydrogen-bond acceptors (Lipinski definition) is 4. The van der Waals surface area contributed by atoms with E-state index in [4.69, 9.17) is 0 Å². The molecule has 1 amide bonds. The van der Waals surface area contributed by atoms with Gasteiger partial charge in [-0.1, -0.05) is 0 Å². The second kappa shape index (κ2) is 6.15. The van der Waals surface area contributed by atoms with Gasteiger partial charge in [0.1, 0.15) is 17.6 Å². The monoisotopic (exact) mass is 412 g/mol. The largest absolute Gasteiger partial charge is 0.315 e. The minimum absolute atomic E-state index is 0.149. The Kier molecular flexibility index (Phi) is 4.26. The van der Waals surface area contributed by atoms with Crippen LogP contribution in [0.25, 0.3) is 0 Å². The van der Waals surface area contributed by atoms with Gasteiger partial charge in [-0.3, -0.25) is 9.48 Å². The standard InChI is InChI=1S/C14H13IN4OS/c15-9-6-17-19(7-9)8-13(20)18-14-11(5-16)10-3-1-2-4-12(10)21-14/h6-7H,1-4,8H2,(H,18,20). The van der Waals surface area contributed by atoms with Gasteiger partial charge < -0.3 is 5.32 Å². The van der Waals surface area contributed by atoms with Gasteiger partial charge >= 0.3 is 0 Å². The molecule has 2 heterocycles. The molecule has 0 aromatic carbocycles. The van der Waals surface area contributed by atoms with Crippen LogP contribution in [0.2, 0.25) is 0 Å². The molecule has 7 heteroatoms. The normalized spacial score (nSPS) is 13.5. The minimum atomic E-state index is -0.149. The average Bonchev–Trinajstić information content (AvgIpc) is 3.01. The van der Waals surface area contributed by atoms with Crippen LogP contribution in [0.1, 0.15) is 28.8 Å². The molecule has 1 aliphatic rings. The minimum Gasteiger partial charge on any atom is -0.315 e. The molecule has 0 aliphatic heterocycles. The first kappa shape index (κ1) is 14.5. The highest BCUT2D eigenvalue weighted by Crippen LogP contribution is 2.37. The van der Waals surface area contributed by atoms with Gasteiger partial charge in [0.25, 0.3) is 0 Å². The summed E-state index contributed by atoms with van der Waals surface area (Å²) in [5.74, 6) is -0.149. The number of amides is 1. The fourth-order valence-corrected chi connectivity index (χ4v) is 4.21. The molecule has 0 saturated heterocycles. The second-order valence-corrected chi connectivity index (χ2v) is 7.28. The predicted octanol–water partition coefficient (Wildman–Crippen LogP) is 2.94. The molecule has 0 atom stereocenters. The highest BCUT2D eigenvalue weighted by atomic mass is 127. The number of rotatable bonds is 3. The van der Waals surface area contributed by atoms with Crippen LogP contribution < -0.4 is 5.32 Å². The molecule has 5 nitrogen and oxygen atoms in total. The summed E-state index contributed by atoms with van der Waals surface area (Å²) in [4.78, 5) is 13.3. The van der Waals surface area contributed by atoms with Gasteiger partial charge in [-0.25, -0.2) is 0 Å². The first-order valence-electron chi connectivity index (χ1n) is 6.70. The number of carbonyl (C=O) groups is 1. The quantitative estimate of drug-likeness (QED) is 0.789. The van der Waals surface area contributed by atoms with Crippen molar-refractivity contribution < 1.29 is 4.79 Å². The van der Waals surface area contributed by atoms with Crippen LogP contribution in [-0.2, 0) is 24.2 Å². The molecule has 2 aromatic heterocycles. The predicted molar refractivity (Wildman–Crippen MR) is 89.2 cm³/mol. The molecule has 1 N–H and O–H groups in total. The van der Waals surface area contributed by atoms with E-state index in [1.54, 1.807) is 22.2 Å². The third-order valence-electron chi connectivity index (χ3n) is 3.44. The van der Waals surface area contributed by atoms with Crippen molar-refractivity contribution in [2.45, 2.75) is 32.2 Å². The number of fused-ring (bicyclic) bond motifs is 1. The lowest BCUT2D eigenvalue weighted by Gasteiger charge is -2.09. The molecular formula is C14H13IN4OS. The summed E-state index contributed by atoms with van der Waals surface area (Å²) in [5, 5.41) is 17.0. The zero-order valence-electron chi connectivity index (χ0n) is 11.2. The van der Waals surface area contributed by atoms with E-state index < -0.39 is 0 Å². The lowest BCUT2D eigenvalue weighted by molar-refractivity contribution is -0.116. The van der Waals surface area contributed by atoms with Crippen molar-refractivity contribution in [1.29, 1.82) is 5.26 Å². The summed E-state index contributed by atoms with van der Waals surface area (Å²) in [6, 6.07) is 2.25. The van der Waals surface area contributed by atoms with Crippen molar-refractivity contribution in [3.8, 4) is 6.07 Å². The summed E-state index contributed by atoms with van der Waals surface area (Å²) < 4.78 is 2.58. The highest BCUT2D eigenvalue weighted by molar-refractivity contribution is 14.1. The number of aromatic nitrogens is 2. The van der Waals surface area contributed by atoms with Crippen LogP contribution in [0.15, 0.2) is 12.4 Å². The first-order valence-corrected chi connectivity index (χ1v) is 8.59. The van der Waals surface area contributed by atoms with E-state index in [0.717, 1.165) is 34.8 Å². The van der Waals surface area contributed by atoms with Crippen molar-refractivity contribution in [3.05, 3.63) is 32.0 Å². The fraction of sp³-hybridized carbons (Fsp3) is 0.357. The number of hydrogen-bond donors (Lipinski definition) is 1. The lowest BCUT2D eigenvalue weighted by Crippen LogP contribution is -2.19. The second-order valence-electron chi connectivity index (χ2n) is 4.93. The van der Waals surface area contributed by atoms with Crippen molar-refractivity contribution in [2.75, 3.05) is 5.32 Å². The molecule has 0 radical (unpaired) electrons. The summed E-state index contributed by atoms with van der Waals surface area (Å²) in [7, 11) is 0. The van der Waals surface area contributed by atoms with Crippen LogP contribution in [-0.4, -0.2) is 15.7 Å². The maximum absolute atomic E-state index is 12.1. The van der Waals surface area contributed by atoms with Crippen LogP contribution in [0.3, 0.4) is 0 Å². The number of halogens is 1. The first-order chi connectivity index (χ1) is 10.2. The van der Waals surface area contributed by atoms with Gasteiger partial charge in [-0.2, -0.15) is 10.4 Å². The van der Waals surface area contributed by atoms with E-state index in [1.165, 1.54) is 4.88 Å². The Morgan fingerprint density at radius 1 is 1.52 bits per heavy atom. The van der Waals surface area contributed by atoms with Crippen molar-refractivity contribution in [2.24, 2.45) is 0 Å². The Bertz CT molecular complexity index is 728. The van der Waals surface area contributed by atoms with E-state index in [1.807, 2.05) is 6.20 Å². The van der Waals surface area contributed by atoms with E-state index in [0.29, 0.717) is 10.6 Å². The molecule has 0 saturated carbocycles. The fourth-order valence-electron chi connectivity index (χ4n) is 2.51. The summed E-state index contributed by atoms with van der Waals surface area (Å²) in [6.45, 7) is 0.163. The van der Waals surface area contributed by atoms with Crippen LogP contribution in [0.4, 0.5) is 5.00 Å². The number of thiophene rings is 1. The lowest BCUT2D eigenvalue weighted by atomic mass is 9.96. The van der Waals surface area contributed by atoms with E-state index >= 15 is 0 Å². The van der Waals surface area contributed by atoms with Crippen LogP contribution in [0.5, 0.6) is 0 Å². The highest BCUT2D eigenvalue weighted by Gasteiger charge is 2.21. The van der Waals surface area contributed by atoms with Gasteiger partial charge in [0, 0.05) is 11.1 Å². The molecule has 0 fully saturated rings. The van der Waals surface area contributed by atoms with Gasteiger partial charge in [0.05, 0.1) is 15.3 Å². The van der Waals surface area contributed by atoms with Crippen LogP contribution >= 0.6 is 33.9 Å². The molecular weight excluding hydrogens is 399 g/mol. The van der Waals surface area contributed by atoms with Gasteiger partial charge in [-0.15, -0.1) is 11.3 Å². The van der Waals surface area contributed by atoms with Crippen molar-refractivity contribution >= 4 is 44.8 Å². The number of nitrogens with one attached hydrogen (secondary N) is 1. The van der Waals surface area contributed by atoms with Crippen LogP contribution in [0, 0.1) is 14.9 Å². The Hall–Kier alpha value is -1.40. The number of carbonyl (C=O) groups excluding carboxylic acids is 1. The van der Waals surface area contributed by atoms with E-state index in [-0.39, 0.29) is 12.5 Å². The Labute approximate surface area is 140 Å². The molecule has 21 heavy (non-hydrogen) atoms. The Morgan fingerprint density at radius 3 is 3.05 bits per heavy atom. The molecule has 1 aliphatic carbocycles. The molecule has 108 valence electrons. The molecule has 0 bridgehead atoms. The Morgan fingerprint density at radius 2 is 2.33 bits per heavy atom. The maximum atomic E-state index is 12.1. The molecule has 3 rings (SSSR count). The summed E-state index contributed by atoms with van der Waals surface area (Å²) in [5.41, 5.74) is 1.79. The topological polar surface area (TPSA) is 70.7 Å². The molecule has 0 spiro atoms. The summed E-state index contributed by atoms with van der Waals surface area (Å²) in [6.07, 6.45) is 7.77. The van der Waals surface area contributed by atoms with Gasteiger partial charge in [0.15, 0.2) is 0 Å². The zero-order valence-corrected chi connectivity index (χ0v) is 14.2. The number of nitrogens with zero attached hydrogens (tertiary/aromatic N) is 3. The van der Waals surface area contributed by atoms with Gasteiger partial charge in [0.2, 0.25) is 5.91 Å².